The smallest absolute Gasteiger partial charge is 0.307 e. The molecule has 0 radical (unpaired) electrons. The topological polar surface area (TPSA) is 57.6 Å². The average Bonchev–Trinajstić information content (AvgIpc) is 3.21. The van der Waals surface area contributed by atoms with Gasteiger partial charge in [-0.3, -0.25) is 9.59 Å². The van der Waals surface area contributed by atoms with Gasteiger partial charge in [0.05, 0.1) is 11.7 Å². The molecule has 1 N–H and O–H groups in total. The molecule has 1 heterocycles. The summed E-state index contributed by atoms with van der Waals surface area (Å²) in [6, 6.07) is 6.29. The van der Waals surface area contributed by atoms with Gasteiger partial charge in [-0.2, -0.15) is 0 Å². The van der Waals surface area contributed by atoms with E-state index in [1.54, 1.807) is 11.8 Å². The summed E-state index contributed by atoms with van der Waals surface area (Å²) in [5, 5.41) is 9.12. The zero-order valence-corrected chi connectivity index (χ0v) is 14.5. The third kappa shape index (κ3) is 3.39. The zero-order chi connectivity index (χ0) is 16.6. The third-order valence-electron chi connectivity index (χ3n) is 5.28. The zero-order valence-electron chi connectivity index (χ0n) is 13.7. The maximum atomic E-state index is 12.4. The molecule has 1 unspecified atom stereocenters. The lowest BCUT2D eigenvalue weighted by Crippen LogP contribution is -2.40. The van der Waals surface area contributed by atoms with E-state index in [1.165, 1.54) is 11.1 Å². The lowest BCUT2D eigenvalue weighted by Gasteiger charge is -2.32. The fourth-order valence-corrected chi connectivity index (χ4v) is 4.56. The van der Waals surface area contributed by atoms with Gasteiger partial charge in [-0.05, 0) is 50.2 Å². The number of carbonyl (C=O) groups is 2. The van der Waals surface area contributed by atoms with E-state index < -0.39 is 5.97 Å². The van der Waals surface area contributed by atoms with E-state index in [4.69, 9.17) is 5.11 Å². The van der Waals surface area contributed by atoms with E-state index in [9.17, 15) is 9.59 Å². The second-order valence-electron chi connectivity index (χ2n) is 6.90. The largest absolute Gasteiger partial charge is 0.481 e. The van der Waals surface area contributed by atoms with Crippen molar-refractivity contribution in [2.45, 2.75) is 38.0 Å². The lowest BCUT2D eigenvalue weighted by molar-refractivity contribution is -0.139. The summed E-state index contributed by atoms with van der Waals surface area (Å²) < 4.78 is 0. The molecule has 1 aliphatic carbocycles. The van der Waals surface area contributed by atoms with E-state index in [-0.39, 0.29) is 17.2 Å². The Hall–Kier alpha value is -1.49. The molecule has 1 saturated heterocycles. The van der Waals surface area contributed by atoms with E-state index >= 15 is 0 Å². The van der Waals surface area contributed by atoms with Crippen LogP contribution in [0.4, 0.5) is 0 Å². The quantitative estimate of drug-likeness (QED) is 0.860. The summed E-state index contributed by atoms with van der Waals surface area (Å²) in [5.41, 5.74) is 2.43. The van der Waals surface area contributed by atoms with Gasteiger partial charge >= 0.3 is 5.97 Å². The molecule has 1 spiro atoms. The molecule has 1 atom stereocenters. The van der Waals surface area contributed by atoms with Gasteiger partial charge in [0.15, 0.2) is 0 Å². The minimum absolute atomic E-state index is 0.0106. The minimum atomic E-state index is -0.671. The van der Waals surface area contributed by atoms with Crippen molar-refractivity contribution in [1.82, 2.24) is 4.90 Å². The highest BCUT2D eigenvalue weighted by molar-refractivity contribution is 8.00. The molecule has 1 amide bonds. The molecule has 2 aliphatic rings. The van der Waals surface area contributed by atoms with Crippen LogP contribution in [0.5, 0.6) is 0 Å². The molecule has 124 valence electrons. The van der Waals surface area contributed by atoms with Crippen LogP contribution in [0.2, 0.25) is 0 Å². The molecule has 1 aromatic carbocycles. The van der Waals surface area contributed by atoms with Crippen LogP contribution in [0.3, 0.4) is 0 Å². The van der Waals surface area contributed by atoms with Gasteiger partial charge in [-0.1, -0.05) is 17.7 Å². The van der Waals surface area contributed by atoms with Crippen LogP contribution < -0.4 is 0 Å². The van der Waals surface area contributed by atoms with Crippen LogP contribution in [0.25, 0.3) is 0 Å². The number of carboxylic acid groups (broad SMARTS) is 1. The number of thioether (sulfide) groups is 1. The van der Waals surface area contributed by atoms with Crippen molar-refractivity contribution in [3.05, 3.63) is 29.3 Å². The summed E-state index contributed by atoms with van der Waals surface area (Å²) in [6.07, 6.45) is 2.47. The highest BCUT2D eigenvalue weighted by Crippen LogP contribution is 2.59. The van der Waals surface area contributed by atoms with Crippen molar-refractivity contribution in [1.29, 1.82) is 0 Å². The third-order valence-corrected chi connectivity index (χ3v) is 6.44. The van der Waals surface area contributed by atoms with Gasteiger partial charge in [-0.15, -0.1) is 11.8 Å². The maximum Gasteiger partial charge on any atom is 0.307 e. The Morgan fingerprint density at radius 3 is 2.57 bits per heavy atom. The van der Waals surface area contributed by atoms with Crippen molar-refractivity contribution < 1.29 is 14.7 Å². The maximum absolute atomic E-state index is 12.4. The van der Waals surface area contributed by atoms with Crippen LogP contribution in [0, 0.1) is 25.2 Å². The normalized spacial score (nSPS) is 22.2. The second-order valence-corrected chi connectivity index (χ2v) is 7.91. The Kier molecular flexibility index (Phi) is 4.41. The first-order chi connectivity index (χ1) is 10.9. The molecule has 1 aromatic rings. The molecule has 4 nitrogen and oxygen atoms in total. The number of aliphatic carboxylic acids is 1. The molecule has 0 aromatic heterocycles. The number of hydrogen-bond acceptors (Lipinski definition) is 3. The summed E-state index contributed by atoms with van der Waals surface area (Å²) in [4.78, 5) is 26.5. The number of amides is 1. The molecule has 1 aliphatic heterocycles. The van der Waals surface area contributed by atoms with Gasteiger partial charge in [0, 0.05) is 18.0 Å². The monoisotopic (exact) mass is 333 g/mol. The van der Waals surface area contributed by atoms with Crippen molar-refractivity contribution in [2.75, 3.05) is 18.8 Å². The summed E-state index contributed by atoms with van der Waals surface area (Å²) in [7, 11) is 0. The van der Waals surface area contributed by atoms with Crippen molar-refractivity contribution >= 4 is 23.6 Å². The second kappa shape index (κ2) is 6.19. The molecule has 23 heavy (non-hydrogen) atoms. The summed E-state index contributed by atoms with van der Waals surface area (Å²) >= 11 is 1.59. The number of rotatable bonds is 4. The number of hydrogen-bond donors (Lipinski definition) is 1. The van der Waals surface area contributed by atoms with Crippen molar-refractivity contribution in [3.63, 3.8) is 0 Å². The molecule has 2 fully saturated rings. The van der Waals surface area contributed by atoms with Gasteiger partial charge < -0.3 is 10.0 Å². The molecule has 0 bridgehead atoms. The number of likely N-dealkylation sites (tertiary alicyclic amines) is 1. The Balaban J connectivity index is 1.49. The summed E-state index contributed by atoms with van der Waals surface area (Å²) in [5.74, 6) is -0.226. The van der Waals surface area contributed by atoms with Crippen molar-refractivity contribution in [2.24, 2.45) is 11.3 Å². The SMILES string of the molecule is Cc1ccc(SCC(=O)N2CCC3(CC2)CC3C(=O)O)c(C)c1. The Bertz CT molecular complexity index is 635. The standard InChI is InChI=1S/C18H23NO3S/c1-12-3-4-15(13(2)9-12)23-11-16(20)19-7-5-18(6-8-19)10-14(18)17(21)22/h3-4,9,14H,5-8,10-11H2,1-2H3,(H,21,22). The Labute approximate surface area is 141 Å². The number of nitrogens with zero attached hydrogens (tertiary/aromatic N) is 1. The molecule has 1 saturated carbocycles. The number of carboxylic acids is 1. The van der Waals surface area contributed by atoms with Crippen LogP contribution in [-0.2, 0) is 9.59 Å². The predicted molar refractivity (Wildman–Crippen MR) is 90.6 cm³/mol. The fraction of sp³-hybridized carbons (Fsp3) is 0.556. The van der Waals surface area contributed by atoms with Crippen LogP contribution in [-0.4, -0.2) is 40.7 Å². The van der Waals surface area contributed by atoms with Gasteiger partial charge in [0.25, 0.3) is 0 Å². The van der Waals surface area contributed by atoms with Gasteiger partial charge in [0.2, 0.25) is 5.91 Å². The predicted octanol–water partition coefficient (Wildman–Crippen LogP) is 3.11. The highest BCUT2D eigenvalue weighted by Gasteiger charge is 2.59. The van der Waals surface area contributed by atoms with Crippen LogP contribution >= 0.6 is 11.8 Å². The molecular weight excluding hydrogens is 310 g/mol. The highest BCUT2D eigenvalue weighted by atomic mass is 32.2. The lowest BCUT2D eigenvalue weighted by atomic mass is 9.91. The average molecular weight is 333 g/mol. The first-order valence-corrected chi connectivity index (χ1v) is 9.10. The number of aryl methyl sites for hydroxylation is 2. The molecule has 3 rings (SSSR count). The van der Waals surface area contributed by atoms with E-state index in [1.807, 2.05) is 4.90 Å². The number of piperidine rings is 1. The van der Waals surface area contributed by atoms with Crippen LogP contribution in [0.15, 0.2) is 23.1 Å². The molecular formula is C18H23NO3S. The van der Waals surface area contributed by atoms with E-state index in [0.29, 0.717) is 18.8 Å². The van der Waals surface area contributed by atoms with Gasteiger partial charge in [0.1, 0.15) is 0 Å². The number of benzene rings is 1. The molecule has 5 heteroatoms. The van der Waals surface area contributed by atoms with Gasteiger partial charge in [-0.25, -0.2) is 0 Å². The van der Waals surface area contributed by atoms with E-state index in [0.717, 1.165) is 24.2 Å². The van der Waals surface area contributed by atoms with Crippen LogP contribution in [0.1, 0.15) is 30.4 Å². The minimum Gasteiger partial charge on any atom is -0.481 e. The Morgan fingerprint density at radius 1 is 1.30 bits per heavy atom. The van der Waals surface area contributed by atoms with E-state index in [2.05, 4.69) is 32.0 Å². The first kappa shape index (κ1) is 16.4. The Morgan fingerprint density at radius 2 is 2.00 bits per heavy atom. The number of carbonyl (C=O) groups excluding carboxylic acids is 1. The fourth-order valence-electron chi connectivity index (χ4n) is 3.64. The first-order valence-electron chi connectivity index (χ1n) is 8.12. The summed E-state index contributed by atoms with van der Waals surface area (Å²) in [6.45, 7) is 5.55. The van der Waals surface area contributed by atoms with Crippen molar-refractivity contribution in [3.8, 4) is 0 Å².